The highest BCUT2D eigenvalue weighted by Gasteiger charge is 2.28. The van der Waals surface area contributed by atoms with Crippen molar-refractivity contribution in [2.75, 3.05) is 7.05 Å². The molecule has 0 N–H and O–H groups in total. The van der Waals surface area contributed by atoms with Crippen molar-refractivity contribution in [3.63, 3.8) is 0 Å². The molecule has 1 aromatic carbocycles. The number of amides is 1. The average Bonchev–Trinajstić information content (AvgIpc) is 2.59. The first-order chi connectivity index (χ1) is 10.3. The monoisotopic (exact) mass is 281 g/mol. The van der Waals surface area contributed by atoms with E-state index in [-0.39, 0.29) is 11.9 Å². The van der Waals surface area contributed by atoms with E-state index >= 15 is 0 Å². The molecule has 2 heteroatoms. The molecule has 1 unspecified atom stereocenters. The van der Waals surface area contributed by atoms with Crippen molar-refractivity contribution in [3.05, 3.63) is 59.2 Å². The summed E-state index contributed by atoms with van der Waals surface area (Å²) in [5, 5.41) is 0. The molecule has 1 amide bonds. The van der Waals surface area contributed by atoms with Crippen molar-refractivity contribution in [2.24, 2.45) is 0 Å². The van der Waals surface area contributed by atoms with Gasteiger partial charge in [0, 0.05) is 13.1 Å². The fourth-order valence-corrected chi connectivity index (χ4v) is 3.52. The zero-order valence-electron chi connectivity index (χ0n) is 12.7. The molecule has 0 radical (unpaired) electrons. The van der Waals surface area contributed by atoms with E-state index in [0.29, 0.717) is 0 Å². The van der Waals surface area contributed by atoms with Crippen molar-refractivity contribution in [2.45, 2.75) is 44.6 Å². The van der Waals surface area contributed by atoms with Crippen LogP contribution in [0, 0.1) is 0 Å². The summed E-state index contributed by atoms with van der Waals surface area (Å²) >= 11 is 0. The smallest absolute Gasteiger partial charge is 0.247 e. The van der Waals surface area contributed by atoms with Crippen LogP contribution in [0.3, 0.4) is 0 Å². The molecule has 1 aliphatic heterocycles. The van der Waals surface area contributed by atoms with Crippen LogP contribution in [0.25, 0.3) is 0 Å². The van der Waals surface area contributed by atoms with Gasteiger partial charge in [-0.25, -0.2) is 0 Å². The van der Waals surface area contributed by atoms with Crippen molar-refractivity contribution < 1.29 is 4.79 Å². The fourth-order valence-electron chi connectivity index (χ4n) is 3.52. The van der Waals surface area contributed by atoms with E-state index in [0.717, 1.165) is 12.8 Å². The Bertz CT molecular complexity index is 570. The molecule has 2 aliphatic rings. The quantitative estimate of drug-likeness (QED) is 0.747. The van der Waals surface area contributed by atoms with E-state index in [4.69, 9.17) is 0 Å². The van der Waals surface area contributed by atoms with Gasteiger partial charge in [0.15, 0.2) is 0 Å². The van der Waals surface area contributed by atoms with E-state index in [1.54, 1.807) is 6.08 Å². The Labute approximate surface area is 127 Å². The topological polar surface area (TPSA) is 20.3 Å². The highest BCUT2D eigenvalue weighted by atomic mass is 16.2. The number of allylic oxidation sites excluding steroid dienone is 2. The predicted octanol–water partition coefficient (Wildman–Crippen LogP) is 4.41. The molecule has 1 atom stereocenters. The molecule has 0 bridgehead atoms. The number of hydrogen-bond donors (Lipinski definition) is 0. The zero-order chi connectivity index (χ0) is 14.7. The maximum absolute atomic E-state index is 12.3. The number of hydrogen-bond acceptors (Lipinski definition) is 1. The lowest BCUT2D eigenvalue weighted by Crippen LogP contribution is -2.30. The first-order valence-corrected chi connectivity index (χ1v) is 7.99. The second kappa shape index (κ2) is 6.30. The Morgan fingerprint density at radius 2 is 1.67 bits per heavy atom. The molecule has 0 aromatic heterocycles. The maximum Gasteiger partial charge on any atom is 0.247 e. The Hall–Kier alpha value is -1.83. The summed E-state index contributed by atoms with van der Waals surface area (Å²) in [6.45, 7) is 0. The summed E-state index contributed by atoms with van der Waals surface area (Å²) < 4.78 is 0. The van der Waals surface area contributed by atoms with Crippen molar-refractivity contribution in [3.8, 4) is 0 Å². The summed E-state index contributed by atoms with van der Waals surface area (Å²) in [6.07, 6.45) is 11.1. The Morgan fingerprint density at radius 3 is 2.43 bits per heavy atom. The first-order valence-electron chi connectivity index (χ1n) is 7.99. The van der Waals surface area contributed by atoms with Gasteiger partial charge in [-0.05, 0) is 42.4 Å². The fraction of sp³-hybridized carbons (Fsp3) is 0.421. The van der Waals surface area contributed by atoms with Crippen LogP contribution in [0.1, 0.15) is 50.1 Å². The molecular weight excluding hydrogens is 258 g/mol. The molecular formula is C19H23NO. The van der Waals surface area contributed by atoms with Crippen LogP contribution in [0.5, 0.6) is 0 Å². The van der Waals surface area contributed by atoms with Crippen molar-refractivity contribution in [1.82, 2.24) is 4.90 Å². The van der Waals surface area contributed by atoms with Gasteiger partial charge in [-0.3, -0.25) is 4.79 Å². The molecule has 0 fully saturated rings. The van der Waals surface area contributed by atoms with Gasteiger partial charge in [-0.1, -0.05) is 49.2 Å². The molecule has 1 heterocycles. The summed E-state index contributed by atoms with van der Waals surface area (Å²) in [5.41, 5.74) is 4.07. The minimum absolute atomic E-state index is 0.0989. The van der Waals surface area contributed by atoms with E-state index in [1.807, 2.05) is 18.0 Å². The number of benzene rings is 1. The molecule has 1 aromatic rings. The lowest BCUT2D eigenvalue weighted by atomic mass is 9.86. The Balaban J connectivity index is 2.07. The molecule has 110 valence electrons. The van der Waals surface area contributed by atoms with Gasteiger partial charge in [0.05, 0.1) is 6.04 Å². The van der Waals surface area contributed by atoms with Crippen LogP contribution in [0.2, 0.25) is 0 Å². The van der Waals surface area contributed by atoms with Gasteiger partial charge >= 0.3 is 0 Å². The summed E-state index contributed by atoms with van der Waals surface area (Å²) in [4.78, 5) is 14.2. The number of carbonyl (C=O) groups is 1. The third-order valence-corrected chi connectivity index (χ3v) is 4.66. The number of likely N-dealkylation sites (N-methyl/N-ethyl adjacent to an activating group) is 1. The molecule has 2 nitrogen and oxygen atoms in total. The highest BCUT2D eigenvalue weighted by Crippen LogP contribution is 2.38. The summed E-state index contributed by atoms with van der Waals surface area (Å²) in [5.74, 6) is 0.107. The van der Waals surface area contributed by atoms with Crippen LogP contribution in [-0.2, 0) is 4.79 Å². The number of nitrogens with zero attached hydrogens (tertiary/aromatic N) is 1. The highest BCUT2D eigenvalue weighted by molar-refractivity contribution is 5.89. The van der Waals surface area contributed by atoms with E-state index in [1.165, 1.54) is 42.4 Å². The van der Waals surface area contributed by atoms with Crippen LogP contribution in [-0.4, -0.2) is 17.9 Å². The molecule has 21 heavy (non-hydrogen) atoms. The third-order valence-electron chi connectivity index (χ3n) is 4.66. The standard InChI is InChI=1S/C19H23NO/c1-20-18(21)14-13-15-9-5-2-3-8-12-17(15)19(20)16-10-6-4-7-11-16/h4,6-7,10-11,13-14,19H,2-3,5,8-9,12H2,1H3. The van der Waals surface area contributed by atoms with Crippen molar-refractivity contribution >= 4 is 5.91 Å². The second-order valence-corrected chi connectivity index (χ2v) is 6.06. The summed E-state index contributed by atoms with van der Waals surface area (Å²) in [6, 6.07) is 10.5. The minimum Gasteiger partial charge on any atom is -0.331 e. The molecule has 3 rings (SSSR count). The van der Waals surface area contributed by atoms with Crippen LogP contribution in [0.15, 0.2) is 53.6 Å². The van der Waals surface area contributed by atoms with E-state index in [9.17, 15) is 4.79 Å². The lowest BCUT2D eigenvalue weighted by Gasteiger charge is -2.31. The van der Waals surface area contributed by atoms with Gasteiger partial charge in [0.1, 0.15) is 0 Å². The average molecular weight is 281 g/mol. The van der Waals surface area contributed by atoms with Gasteiger partial charge < -0.3 is 4.90 Å². The number of carbonyl (C=O) groups excluding carboxylic acids is 1. The van der Waals surface area contributed by atoms with Crippen molar-refractivity contribution in [1.29, 1.82) is 0 Å². The van der Waals surface area contributed by atoms with Gasteiger partial charge in [-0.15, -0.1) is 0 Å². The largest absolute Gasteiger partial charge is 0.331 e. The Morgan fingerprint density at radius 1 is 0.952 bits per heavy atom. The maximum atomic E-state index is 12.3. The number of rotatable bonds is 1. The van der Waals surface area contributed by atoms with Crippen LogP contribution < -0.4 is 0 Å². The molecule has 0 saturated carbocycles. The zero-order valence-corrected chi connectivity index (χ0v) is 12.7. The minimum atomic E-state index is 0.0989. The van der Waals surface area contributed by atoms with E-state index < -0.39 is 0 Å². The first kappa shape index (κ1) is 14.1. The second-order valence-electron chi connectivity index (χ2n) is 6.06. The normalized spacial score (nSPS) is 23.4. The third kappa shape index (κ3) is 2.94. The molecule has 0 saturated heterocycles. The van der Waals surface area contributed by atoms with Crippen LogP contribution in [0.4, 0.5) is 0 Å². The molecule has 1 aliphatic carbocycles. The van der Waals surface area contributed by atoms with E-state index in [2.05, 4.69) is 30.3 Å². The molecule has 0 spiro atoms. The SMILES string of the molecule is CN1C(=O)C=CC2=C(CCCCCC2)C1c1ccccc1. The van der Waals surface area contributed by atoms with Gasteiger partial charge in [-0.2, -0.15) is 0 Å². The predicted molar refractivity (Wildman–Crippen MR) is 85.8 cm³/mol. The Kier molecular flexibility index (Phi) is 4.23. The van der Waals surface area contributed by atoms with Gasteiger partial charge in [0.2, 0.25) is 5.91 Å². The van der Waals surface area contributed by atoms with Gasteiger partial charge in [0.25, 0.3) is 0 Å². The van der Waals surface area contributed by atoms with Crippen LogP contribution >= 0.6 is 0 Å². The summed E-state index contributed by atoms with van der Waals surface area (Å²) in [7, 11) is 1.93. The lowest BCUT2D eigenvalue weighted by molar-refractivity contribution is -0.126.